The number of nitrogens with one attached hydrogen (secondary N) is 1. The summed E-state index contributed by atoms with van der Waals surface area (Å²) in [5, 5.41) is 11.5. The zero-order valence-electron chi connectivity index (χ0n) is 16.1. The Kier molecular flexibility index (Phi) is 6.77. The fraction of sp³-hybridized carbons (Fsp3) is 0.550. The molecular formula is C20H27N3O3S. The highest BCUT2D eigenvalue weighted by atomic mass is 32.2. The van der Waals surface area contributed by atoms with Crippen LogP contribution in [0.25, 0.3) is 11.5 Å². The van der Waals surface area contributed by atoms with Crippen molar-refractivity contribution in [3.05, 3.63) is 24.3 Å². The monoisotopic (exact) mass is 389 g/mol. The van der Waals surface area contributed by atoms with Gasteiger partial charge in [0.05, 0.1) is 17.4 Å². The molecule has 1 fully saturated rings. The van der Waals surface area contributed by atoms with E-state index in [4.69, 9.17) is 9.15 Å². The fourth-order valence-electron chi connectivity index (χ4n) is 3.33. The van der Waals surface area contributed by atoms with E-state index in [1.165, 1.54) is 31.0 Å². The summed E-state index contributed by atoms with van der Waals surface area (Å²) in [5.41, 5.74) is 0.756. The molecule has 0 bridgehead atoms. The number of rotatable bonds is 7. The fourth-order valence-corrected chi connectivity index (χ4v) is 4.02. The molecule has 7 heteroatoms. The number of para-hydroxylation sites is 1. The maximum atomic E-state index is 12.5. The van der Waals surface area contributed by atoms with Crippen molar-refractivity contribution in [3.8, 4) is 17.2 Å². The minimum absolute atomic E-state index is 0.0215. The molecule has 3 rings (SSSR count). The van der Waals surface area contributed by atoms with Crippen molar-refractivity contribution in [2.75, 3.05) is 6.61 Å². The van der Waals surface area contributed by atoms with Crippen molar-refractivity contribution < 1.29 is 13.9 Å². The third kappa shape index (κ3) is 5.03. The predicted octanol–water partition coefficient (Wildman–Crippen LogP) is 4.31. The van der Waals surface area contributed by atoms with Crippen LogP contribution in [0.4, 0.5) is 0 Å². The van der Waals surface area contributed by atoms with Crippen molar-refractivity contribution in [3.63, 3.8) is 0 Å². The lowest BCUT2D eigenvalue weighted by molar-refractivity contribution is -0.121. The van der Waals surface area contributed by atoms with E-state index in [1.807, 2.05) is 38.1 Å². The van der Waals surface area contributed by atoms with Gasteiger partial charge in [-0.3, -0.25) is 4.79 Å². The lowest BCUT2D eigenvalue weighted by Gasteiger charge is -2.30. The Morgan fingerprint density at radius 1 is 1.33 bits per heavy atom. The van der Waals surface area contributed by atoms with Crippen LogP contribution < -0.4 is 10.1 Å². The number of ether oxygens (including phenoxy) is 1. The highest BCUT2D eigenvalue weighted by molar-refractivity contribution is 8.00. The summed E-state index contributed by atoms with van der Waals surface area (Å²) in [4.78, 5) is 12.5. The molecule has 146 valence electrons. The Labute approximate surface area is 164 Å². The van der Waals surface area contributed by atoms with E-state index in [0.29, 0.717) is 29.4 Å². The van der Waals surface area contributed by atoms with Crippen LogP contribution in [-0.2, 0) is 4.79 Å². The number of hydrogen-bond donors (Lipinski definition) is 1. The lowest BCUT2D eigenvalue weighted by Crippen LogP contribution is -2.44. The third-order valence-electron chi connectivity index (χ3n) is 4.91. The van der Waals surface area contributed by atoms with E-state index in [2.05, 4.69) is 22.4 Å². The number of aromatic nitrogens is 2. The topological polar surface area (TPSA) is 77.2 Å². The van der Waals surface area contributed by atoms with Crippen molar-refractivity contribution in [2.24, 2.45) is 5.92 Å². The molecular weight excluding hydrogens is 362 g/mol. The van der Waals surface area contributed by atoms with Gasteiger partial charge >= 0.3 is 0 Å². The predicted molar refractivity (Wildman–Crippen MR) is 106 cm³/mol. The smallest absolute Gasteiger partial charge is 0.277 e. The molecule has 6 nitrogen and oxygen atoms in total. The van der Waals surface area contributed by atoms with Crippen LogP contribution in [-0.4, -0.2) is 34.0 Å². The number of carbonyl (C=O) groups excluding carboxylic acids is 1. The number of nitrogens with zero attached hydrogens (tertiary/aromatic N) is 2. The van der Waals surface area contributed by atoms with Crippen LogP contribution in [0, 0.1) is 5.92 Å². The molecule has 1 aliphatic rings. The molecule has 1 heterocycles. The van der Waals surface area contributed by atoms with Gasteiger partial charge < -0.3 is 14.5 Å². The van der Waals surface area contributed by atoms with Gasteiger partial charge in [-0.15, -0.1) is 10.2 Å². The van der Waals surface area contributed by atoms with Gasteiger partial charge in [-0.05, 0) is 44.7 Å². The number of amides is 1. The average Bonchev–Trinajstić information content (AvgIpc) is 3.12. The van der Waals surface area contributed by atoms with Crippen LogP contribution in [0.2, 0.25) is 0 Å². The Morgan fingerprint density at radius 3 is 2.89 bits per heavy atom. The number of thioether (sulfide) groups is 1. The normalized spacial score (nSPS) is 20.9. The Bertz CT molecular complexity index is 764. The van der Waals surface area contributed by atoms with Gasteiger partial charge in [-0.2, -0.15) is 0 Å². The van der Waals surface area contributed by atoms with Crippen LogP contribution in [0.1, 0.15) is 46.5 Å². The molecule has 0 spiro atoms. The molecule has 3 atom stereocenters. The molecule has 0 aliphatic heterocycles. The molecule has 1 aliphatic carbocycles. The number of hydrogen-bond acceptors (Lipinski definition) is 6. The molecule has 1 amide bonds. The van der Waals surface area contributed by atoms with Gasteiger partial charge in [0.15, 0.2) is 0 Å². The summed E-state index contributed by atoms with van der Waals surface area (Å²) in [6.45, 7) is 6.57. The molecule has 27 heavy (non-hydrogen) atoms. The van der Waals surface area contributed by atoms with E-state index in [1.54, 1.807) is 0 Å². The van der Waals surface area contributed by atoms with Crippen molar-refractivity contribution in [1.82, 2.24) is 15.5 Å². The van der Waals surface area contributed by atoms with Crippen LogP contribution in [0.15, 0.2) is 33.9 Å². The molecule has 1 N–H and O–H groups in total. The average molecular weight is 390 g/mol. The minimum atomic E-state index is -0.297. The molecule has 1 aromatic carbocycles. The molecule has 3 unspecified atom stereocenters. The Morgan fingerprint density at radius 2 is 2.11 bits per heavy atom. The van der Waals surface area contributed by atoms with E-state index < -0.39 is 0 Å². The zero-order valence-corrected chi connectivity index (χ0v) is 16.9. The quantitative estimate of drug-likeness (QED) is 0.711. The molecule has 2 aromatic rings. The van der Waals surface area contributed by atoms with Gasteiger partial charge in [0.2, 0.25) is 5.91 Å². The van der Waals surface area contributed by atoms with Crippen LogP contribution in [0.5, 0.6) is 5.75 Å². The number of benzene rings is 1. The van der Waals surface area contributed by atoms with Crippen molar-refractivity contribution >= 4 is 17.7 Å². The Hall–Kier alpha value is -2.02. The maximum Gasteiger partial charge on any atom is 0.277 e. The summed E-state index contributed by atoms with van der Waals surface area (Å²) in [5.74, 6) is 1.66. The van der Waals surface area contributed by atoms with Crippen LogP contribution in [0.3, 0.4) is 0 Å². The second-order valence-electron chi connectivity index (χ2n) is 6.94. The first kappa shape index (κ1) is 19.7. The van der Waals surface area contributed by atoms with Crippen molar-refractivity contribution in [1.29, 1.82) is 0 Å². The molecule has 1 saturated carbocycles. The van der Waals surface area contributed by atoms with E-state index in [0.717, 1.165) is 12.0 Å². The first-order valence-corrected chi connectivity index (χ1v) is 10.5. The maximum absolute atomic E-state index is 12.5. The van der Waals surface area contributed by atoms with Gasteiger partial charge in [0.25, 0.3) is 11.1 Å². The standard InChI is InChI=1S/C20H27N3O3S/c1-4-25-17-12-8-6-10-15(17)19-22-23-20(26-19)27-14(3)18(24)21-16-11-7-5-9-13(16)2/h6,8,10,12-14,16H,4-5,7,9,11H2,1-3H3,(H,21,24). The van der Waals surface area contributed by atoms with Gasteiger partial charge in [0.1, 0.15) is 5.75 Å². The zero-order chi connectivity index (χ0) is 19.2. The first-order chi connectivity index (χ1) is 13.1. The van der Waals surface area contributed by atoms with E-state index >= 15 is 0 Å². The molecule has 1 aromatic heterocycles. The summed E-state index contributed by atoms with van der Waals surface area (Å²) >= 11 is 1.28. The minimum Gasteiger partial charge on any atom is -0.493 e. The molecule has 0 saturated heterocycles. The lowest BCUT2D eigenvalue weighted by atomic mass is 9.86. The summed E-state index contributed by atoms with van der Waals surface area (Å²) in [6.07, 6.45) is 4.68. The highest BCUT2D eigenvalue weighted by Crippen LogP contribution is 2.32. The Balaban J connectivity index is 1.62. The summed E-state index contributed by atoms with van der Waals surface area (Å²) in [7, 11) is 0. The number of carbonyl (C=O) groups is 1. The van der Waals surface area contributed by atoms with E-state index in [9.17, 15) is 4.79 Å². The third-order valence-corrected chi connectivity index (χ3v) is 5.84. The molecule has 0 radical (unpaired) electrons. The second kappa shape index (κ2) is 9.26. The second-order valence-corrected chi connectivity index (χ2v) is 8.23. The first-order valence-electron chi connectivity index (χ1n) is 9.61. The summed E-state index contributed by atoms with van der Waals surface area (Å²) < 4.78 is 11.4. The van der Waals surface area contributed by atoms with Crippen LogP contribution >= 0.6 is 11.8 Å². The van der Waals surface area contributed by atoms with Gasteiger partial charge in [-0.25, -0.2) is 0 Å². The SMILES string of the molecule is CCOc1ccccc1-c1nnc(SC(C)C(=O)NC2CCCCC2C)o1. The van der Waals surface area contributed by atoms with Gasteiger partial charge in [0, 0.05) is 6.04 Å². The highest BCUT2D eigenvalue weighted by Gasteiger charge is 2.26. The van der Waals surface area contributed by atoms with Crippen molar-refractivity contribution in [2.45, 2.75) is 63.0 Å². The van der Waals surface area contributed by atoms with E-state index in [-0.39, 0.29) is 17.2 Å². The van der Waals surface area contributed by atoms with Gasteiger partial charge in [-0.1, -0.05) is 43.7 Å². The summed E-state index contributed by atoms with van der Waals surface area (Å²) in [6, 6.07) is 7.82. The largest absolute Gasteiger partial charge is 0.493 e.